The number of nitrogens with two attached hydrogens (primary N) is 2. The fourth-order valence-corrected chi connectivity index (χ4v) is 1.30. The largest absolute Gasteiger partial charge is 0.351 e. The molecule has 5 nitrogen and oxygen atoms in total. The molecule has 2 amide bonds. The summed E-state index contributed by atoms with van der Waals surface area (Å²) in [7, 11) is -1.55. The summed E-state index contributed by atoms with van der Waals surface area (Å²) in [5.74, 6) is 0. The first-order valence-corrected chi connectivity index (χ1v) is 4.63. The van der Waals surface area contributed by atoms with Gasteiger partial charge in [-0.05, 0) is 18.2 Å². The van der Waals surface area contributed by atoms with E-state index in [0.717, 1.165) is 0 Å². The Balaban J connectivity index is 2.91. The van der Waals surface area contributed by atoms with E-state index in [1.807, 2.05) is 0 Å². The van der Waals surface area contributed by atoms with Crippen molar-refractivity contribution in [3.8, 4) is 0 Å². The van der Waals surface area contributed by atoms with Gasteiger partial charge in [0.05, 0.1) is 4.90 Å². The van der Waals surface area contributed by atoms with Gasteiger partial charge in [0.1, 0.15) is 11.0 Å². The Morgan fingerprint density at radius 1 is 1.46 bits per heavy atom. The second-order valence-electron chi connectivity index (χ2n) is 2.31. The molecule has 0 spiro atoms. The van der Waals surface area contributed by atoms with Crippen molar-refractivity contribution in [1.82, 2.24) is 0 Å². The first-order valence-electron chi connectivity index (χ1n) is 3.42. The van der Waals surface area contributed by atoms with Gasteiger partial charge in [-0.2, -0.15) is 0 Å². The van der Waals surface area contributed by atoms with Crippen molar-refractivity contribution in [2.24, 2.45) is 10.9 Å². The minimum atomic E-state index is -1.55. The Kier molecular flexibility index (Phi) is 2.99. The smallest absolute Gasteiger partial charge is 0.316 e. The molecule has 70 valence electrons. The monoisotopic (exact) mass is 199 g/mol. The molecule has 0 aliphatic rings. The number of urea groups is 1. The zero-order valence-corrected chi connectivity index (χ0v) is 7.51. The highest BCUT2D eigenvalue weighted by atomic mass is 32.2. The molecule has 1 aromatic carbocycles. The van der Waals surface area contributed by atoms with E-state index in [2.05, 4.69) is 5.32 Å². The predicted molar refractivity (Wildman–Crippen MR) is 50.2 cm³/mol. The number of amides is 2. The molecule has 0 saturated carbocycles. The van der Waals surface area contributed by atoms with Gasteiger partial charge in [-0.3, -0.25) is 0 Å². The molecule has 0 bridgehead atoms. The van der Waals surface area contributed by atoms with Crippen molar-refractivity contribution in [3.63, 3.8) is 0 Å². The maximum atomic E-state index is 10.8. The Labute approximate surface area is 77.7 Å². The lowest BCUT2D eigenvalue weighted by molar-refractivity contribution is 0.259. The standard InChI is InChI=1S/C7H9N3O2S/c8-7(11)10-5-2-1-3-6(4-5)13(9)12/h1-4H,9H2,(H3,8,10,11). The van der Waals surface area contributed by atoms with Crippen LogP contribution < -0.4 is 16.2 Å². The molecule has 6 heteroatoms. The van der Waals surface area contributed by atoms with Crippen LogP contribution in [0.3, 0.4) is 0 Å². The normalized spacial score (nSPS) is 12.1. The van der Waals surface area contributed by atoms with Crippen LogP contribution in [-0.4, -0.2) is 10.2 Å². The summed E-state index contributed by atoms with van der Waals surface area (Å²) < 4.78 is 10.8. The predicted octanol–water partition coefficient (Wildman–Crippen LogP) is 0.158. The summed E-state index contributed by atoms with van der Waals surface area (Å²) in [6, 6.07) is 5.69. The molecule has 0 aromatic heterocycles. The van der Waals surface area contributed by atoms with E-state index in [0.29, 0.717) is 10.6 Å². The third-order valence-electron chi connectivity index (χ3n) is 1.33. The molecule has 0 aliphatic heterocycles. The third-order valence-corrected chi connectivity index (χ3v) is 2.05. The van der Waals surface area contributed by atoms with Gasteiger partial charge in [0.2, 0.25) is 0 Å². The molecule has 1 rings (SSSR count). The minimum Gasteiger partial charge on any atom is -0.351 e. The van der Waals surface area contributed by atoms with E-state index < -0.39 is 17.0 Å². The molecule has 13 heavy (non-hydrogen) atoms. The van der Waals surface area contributed by atoms with E-state index in [9.17, 15) is 9.00 Å². The number of benzene rings is 1. The van der Waals surface area contributed by atoms with E-state index in [4.69, 9.17) is 10.9 Å². The van der Waals surface area contributed by atoms with E-state index in [-0.39, 0.29) is 0 Å². The molecule has 1 atom stereocenters. The van der Waals surface area contributed by atoms with Crippen LogP contribution in [0.25, 0.3) is 0 Å². The first-order chi connectivity index (χ1) is 6.09. The lowest BCUT2D eigenvalue weighted by atomic mass is 10.3. The van der Waals surface area contributed by atoms with Gasteiger partial charge in [0.15, 0.2) is 0 Å². The van der Waals surface area contributed by atoms with Crippen LogP contribution in [0.5, 0.6) is 0 Å². The van der Waals surface area contributed by atoms with Gasteiger partial charge in [-0.1, -0.05) is 6.07 Å². The number of anilines is 1. The quantitative estimate of drug-likeness (QED) is 0.632. The molecule has 0 heterocycles. The fraction of sp³-hybridized carbons (Fsp3) is 0. The molecule has 0 saturated heterocycles. The SMILES string of the molecule is NC(=O)Nc1cccc(S(N)=O)c1. The molecular formula is C7H9N3O2S. The van der Waals surface area contributed by atoms with Gasteiger partial charge in [-0.25, -0.2) is 14.1 Å². The number of hydrogen-bond donors (Lipinski definition) is 3. The Bertz CT molecular complexity index is 353. The van der Waals surface area contributed by atoms with Gasteiger partial charge < -0.3 is 11.1 Å². The Morgan fingerprint density at radius 3 is 2.69 bits per heavy atom. The summed E-state index contributed by atoms with van der Waals surface area (Å²) in [5, 5.41) is 7.49. The van der Waals surface area contributed by atoms with Crippen LogP contribution in [-0.2, 0) is 11.0 Å². The van der Waals surface area contributed by atoms with Gasteiger partial charge in [0.25, 0.3) is 0 Å². The Morgan fingerprint density at radius 2 is 2.15 bits per heavy atom. The minimum absolute atomic E-state index is 0.436. The summed E-state index contributed by atoms with van der Waals surface area (Å²) in [6.45, 7) is 0. The average Bonchev–Trinajstić information content (AvgIpc) is 2.03. The van der Waals surface area contributed by atoms with Crippen LogP contribution in [0.15, 0.2) is 29.2 Å². The summed E-state index contributed by atoms with van der Waals surface area (Å²) in [4.78, 5) is 10.9. The van der Waals surface area contributed by atoms with Crippen molar-refractivity contribution in [3.05, 3.63) is 24.3 Å². The number of rotatable bonds is 2. The number of carbonyl (C=O) groups excluding carboxylic acids is 1. The molecule has 0 aliphatic carbocycles. The van der Waals surface area contributed by atoms with Gasteiger partial charge >= 0.3 is 6.03 Å². The van der Waals surface area contributed by atoms with Crippen molar-refractivity contribution < 1.29 is 9.00 Å². The second kappa shape index (κ2) is 4.01. The lowest BCUT2D eigenvalue weighted by Gasteiger charge is -2.02. The van der Waals surface area contributed by atoms with Crippen molar-refractivity contribution >= 4 is 22.7 Å². The van der Waals surface area contributed by atoms with E-state index >= 15 is 0 Å². The van der Waals surface area contributed by atoms with Crippen molar-refractivity contribution in [2.45, 2.75) is 4.90 Å². The lowest BCUT2D eigenvalue weighted by Crippen LogP contribution is -2.19. The van der Waals surface area contributed by atoms with Crippen LogP contribution in [0.2, 0.25) is 0 Å². The zero-order chi connectivity index (χ0) is 9.84. The van der Waals surface area contributed by atoms with Gasteiger partial charge in [0, 0.05) is 5.69 Å². The maximum absolute atomic E-state index is 10.8. The average molecular weight is 199 g/mol. The Hall–Kier alpha value is -1.40. The second-order valence-corrected chi connectivity index (χ2v) is 3.38. The van der Waals surface area contributed by atoms with Crippen LogP contribution in [0.4, 0.5) is 10.5 Å². The van der Waals surface area contributed by atoms with Crippen LogP contribution in [0.1, 0.15) is 0 Å². The third kappa shape index (κ3) is 2.85. The molecule has 1 unspecified atom stereocenters. The van der Waals surface area contributed by atoms with E-state index in [1.54, 1.807) is 18.2 Å². The van der Waals surface area contributed by atoms with Crippen LogP contribution in [0, 0.1) is 0 Å². The number of hydrogen-bond acceptors (Lipinski definition) is 2. The summed E-state index contributed by atoms with van der Waals surface area (Å²) in [5.41, 5.74) is 5.37. The highest BCUT2D eigenvalue weighted by Gasteiger charge is 2.00. The maximum Gasteiger partial charge on any atom is 0.316 e. The fourth-order valence-electron chi connectivity index (χ4n) is 0.841. The molecule has 0 fully saturated rings. The number of carbonyl (C=O) groups is 1. The van der Waals surface area contributed by atoms with E-state index in [1.165, 1.54) is 6.07 Å². The zero-order valence-electron chi connectivity index (χ0n) is 6.69. The van der Waals surface area contributed by atoms with Crippen LogP contribution >= 0.6 is 0 Å². The molecule has 1 aromatic rings. The van der Waals surface area contributed by atoms with Gasteiger partial charge in [-0.15, -0.1) is 0 Å². The molecule has 0 radical (unpaired) electrons. The summed E-state index contributed by atoms with van der Waals surface area (Å²) >= 11 is 0. The highest BCUT2D eigenvalue weighted by Crippen LogP contribution is 2.11. The van der Waals surface area contributed by atoms with Crippen molar-refractivity contribution in [1.29, 1.82) is 0 Å². The number of nitrogens with one attached hydrogen (secondary N) is 1. The highest BCUT2D eigenvalue weighted by molar-refractivity contribution is 7.82. The van der Waals surface area contributed by atoms with Crippen molar-refractivity contribution in [2.75, 3.05) is 5.32 Å². The first kappa shape index (κ1) is 9.69. The molecular weight excluding hydrogens is 190 g/mol. The topological polar surface area (TPSA) is 98.2 Å². The summed E-state index contributed by atoms with van der Waals surface area (Å²) in [6.07, 6.45) is 0. The number of primary amides is 1. The molecule has 5 N–H and O–H groups in total.